The maximum Gasteiger partial charge on any atom is 0.161 e. The molecule has 2 rings (SSSR count). The first-order valence-corrected chi connectivity index (χ1v) is 8.08. The molecule has 1 aliphatic rings. The van der Waals surface area contributed by atoms with Gasteiger partial charge in [-0.25, -0.2) is 0 Å². The van der Waals surface area contributed by atoms with Crippen LogP contribution in [0.2, 0.25) is 0 Å². The van der Waals surface area contributed by atoms with Crippen molar-refractivity contribution in [2.75, 3.05) is 19.8 Å². The number of hydrogen-bond acceptors (Lipinski definition) is 4. The summed E-state index contributed by atoms with van der Waals surface area (Å²) in [7, 11) is 0. The Labute approximate surface area is 128 Å². The van der Waals surface area contributed by atoms with Crippen LogP contribution in [0.3, 0.4) is 0 Å². The largest absolute Gasteiger partial charge is 0.490 e. The zero-order valence-electron chi connectivity index (χ0n) is 13.4. The van der Waals surface area contributed by atoms with Gasteiger partial charge in [0.1, 0.15) is 0 Å². The standard InChI is InChI=1S/C17H28N2O2/c1-4-20-16-9-6-14(10-17(16)21-5-2)12-18-13(3)11-19-15-7-8-15/h6,9-10,13,15,18-19H,4-5,7-8,11-12H2,1-3H3. The summed E-state index contributed by atoms with van der Waals surface area (Å²) in [6.45, 7) is 9.37. The first-order valence-electron chi connectivity index (χ1n) is 8.08. The molecule has 1 aromatic rings. The molecule has 0 bridgehead atoms. The van der Waals surface area contributed by atoms with Crippen molar-refractivity contribution in [2.45, 2.75) is 52.2 Å². The van der Waals surface area contributed by atoms with Gasteiger partial charge in [0.2, 0.25) is 0 Å². The minimum atomic E-state index is 0.465. The summed E-state index contributed by atoms with van der Waals surface area (Å²) < 4.78 is 11.2. The van der Waals surface area contributed by atoms with Crippen molar-refractivity contribution in [3.63, 3.8) is 0 Å². The molecular formula is C17H28N2O2. The molecule has 1 unspecified atom stereocenters. The Morgan fingerprint density at radius 1 is 1.14 bits per heavy atom. The third-order valence-electron chi connectivity index (χ3n) is 3.55. The number of benzene rings is 1. The predicted molar refractivity (Wildman–Crippen MR) is 86.1 cm³/mol. The summed E-state index contributed by atoms with van der Waals surface area (Å²) in [5.41, 5.74) is 1.22. The van der Waals surface area contributed by atoms with Gasteiger partial charge in [0, 0.05) is 25.2 Å². The Kier molecular flexibility index (Phi) is 6.33. The molecule has 0 aliphatic heterocycles. The average Bonchev–Trinajstić information content (AvgIpc) is 3.30. The van der Waals surface area contributed by atoms with E-state index in [1.54, 1.807) is 0 Å². The van der Waals surface area contributed by atoms with E-state index in [4.69, 9.17) is 9.47 Å². The Hall–Kier alpha value is -1.26. The van der Waals surface area contributed by atoms with Crippen molar-refractivity contribution in [1.82, 2.24) is 10.6 Å². The van der Waals surface area contributed by atoms with Gasteiger partial charge in [-0.2, -0.15) is 0 Å². The number of ether oxygens (including phenoxy) is 2. The summed E-state index contributed by atoms with van der Waals surface area (Å²) in [6, 6.07) is 7.40. The second-order valence-electron chi connectivity index (χ2n) is 5.61. The van der Waals surface area contributed by atoms with Crippen LogP contribution in [0.5, 0.6) is 11.5 Å². The SMILES string of the molecule is CCOc1ccc(CNC(C)CNC2CC2)cc1OCC. The van der Waals surface area contributed by atoms with Crippen LogP contribution < -0.4 is 20.1 Å². The summed E-state index contributed by atoms with van der Waals surface area (Å²) in [5, 5.41) is 7.09. The first-order chi connectivity index (χ1) is 10.2. The highest BCUT2D eigenvalue weighted by atomic mass is 16.5. The minimum Gasteiger partial charge on any atom is -0.490 e. The molecule has 21 heavy (non-hydrogen) atoms. The molecular weight excluding hydrogens is 264 g/mol. The van der Waals surface area contributed by atoms with Gasteiger partial charge in [-0.15, -0.1) is 0 Å². The van der Waals surface area contributed by atoms with Gasteiger partial charge in [-0.3, -0.25) is 0 Å². The van der Waals surface area contributed by atoms with E-state index in [0.29, 0.717) is 19.3 Å². The smallest absolute Gasteiger partial charge is 0.161 e. The minimum absolute atomic E-state index is 0.465. The Morgan fingerprint density at radius 2 is 1.86 bits per heavy atom. The molecule has 0 saturated heterocycles. The van der Waals surface area contributed by atoms with E-state index in [1.807, 2.05) is 19.9 Å². The molecule has 0 aromatic heterocycles. The summed E-state index contributed by atoms with van der Waals surface area (Å²) in [4.78, 5) is 0. The molecule has 0 amide bonds. The zero-order chi connectivity index (χ0) is 15.1. The number of nitrogens with one attached hydrogen (secondary N) is 2. The molecule has 1 atom stereocenters. The molecule has 0 heterocycles. The van der Waals surface area contributed by atoms with Gasteiger partial charge in [-0.05, 0) is 51.3 Å². The first kappa shape index (κ1) is 16.1. The van der Waals surface area contributed by atoms with E-state index in [9.17, 15) is 0 Å². The fraction of sp³-hybridized carbons (Fsp3) is 0.647. The van der Waals surface area contributed by atoms with Crippen LogP contribution in [0.1, 0.15) is 39.2 Å². The molecule has 0 spiro atoms. The quantitative estimate of drug-likeness (QED) is 0.696. The van der Waals surface area contributed by atoms with E-state index in [0.717, 1.165) is 30.6 Å². The molecule has 4 nitrogen and oxygen atoms in total. The zero-order valence-corrected chi connectivity index (χ0v) is 13.4. The van der Waals surface area contributed by atoms with E-state index in [2.05, 4.69) is 29.7 Å². The summed E-state index contributed by atoms with van der Waals surface area (Å²) in [5.74, 6) is 1.66. The second kappa shape index (κ2) is 8.25. The van der Waals surface area contributed by atoms with Crippen molar-refractivity contribution in [3.8, 4) is 11.5 Å². The van der Waals surface area contributed by atoms with Crippen molar-refractivity contribution in [3.05, 3.63) is 23.8 Å². The fourth-order valence-corrected chi connectivity index (χ4v) is 2.20. The predicted octanol–water partition coefficient (Wildman–Crippen LogP) is 2.71. The molecule has 1 aromatic carbocycles. The van der Waals surface area contributed by atoms with Gasteiger partial charge in [0.25, 0.3) is 0 Å². The van der Waals surface area contributed by atoms with Crippen LogP contribution in [-0.4, -0.2) is 31.8 Å². The van der Waals surface area contributed by atoms with Crippen molar-refractivity contribution in [1.29, 1.82) is 0 Å². The van der Waals surface area contributed by atoms with Crippen molar-refractivity contribution >= 4 is 0 Å². The Bertz CT molecular complexity index is 433. The Morgan fingerprint density at radius 3 is 2.52 bits per heavy atom. The lowest BCUT2D eigenvalue weighted by atomic mass is 10.2. The van der Waals surface area contributed by atoms with Crippen molar-refractivity contribution < 1.29 is 9.47 Å². The van der Waals surface area contributed by atoms with E-state index in [-0.39, 0.29) is 0 Å². The molecule has 1 saturated carbocycles. The van der Waals surface area contributed by atoms with Crippen LogP contribution in [0.15, 0.2) is 18.2 Å². The second-order valence-corrected chi connectivity index (χ2v) is 5.61. The van der Waals surface area contributed by atoms with Crippen LogP contribution in [-0.2, 0) is 6.54 Å². The topological polar surface area (TPSA) is 42.5 Å². The molecule has 4 heteroatoms. The Balaban J connectivity index is 1.84. The maximum atomic E-state index is 5.66. The van der Waals surface area contributed by atoms with Gasteiger partial charge in [-0.1, -0.05) is 6.07 Å². The fourth-order valence-electron chi connectivity index (χ4n) is 2.20. The third kappa shape index (κ3) is 5.56. The van der Waals surface area contributed by atoms with E-state index < -0.39 is 0 Å². The molecule has 0 radical (unpaired) electrons. The van der Waals surface area contributed by atoms with E-state index >= 15 is 0 Å². The van der Waals surface area contributed by atoms with Gasteiger partial charge in [0.05, 0.1) is 13.2 Å². The lowest BCUT2D eigenvalue weighted by Gasteiger charge is -2.16. The highest BCUT2D eigenvalue weighted by Gasteiger charge is 2.20. The van der Waals surface area contributed by atoms with Crippen LogP contribution in [0.4, 0.5) is 0 Å². The molecule has 2 N–H and O–H groups in total. The van der Waals surface area contributed by atoms with Crippen molar-refractivity contribution in [2.24, 2.45) is 0 Å². The lowest BCUT2D eigenvalue weighted by Crippen LogP contribution is -2.36. The van der Waals surface area contributed by atoms with E-state index in [1.165, 1.54) is 18.4 Å². The average molecular weight is 292 g/mol. The maximum absolute atomic E-state index is 5.66. The normalized spacial score (nSPS) is 15.8. The monoisotopic (exact) mass is 292 g/mol. The van der Waals surface area contributed by atoms with Crippen LogP contribution >= 0.6 is 0 Å². The highest BCUT2D eigenvalue weighted by molar-refractivity contribution is 5.43. The molecule has 118 valence electrons. The van der Waals surface area contributed by atoms with Gasteiger partial charge < -0.3 is 20.1 Å². The summed E-state index contributed by atoms with van der Waals surface area (Å²) in [6.07, 6.45) is 2.67. The summed E-state index contributed by atoms with van der Waals surface area (Å²) >= 11 is 0. The van der Waals surface area contributed by atoms with Gasteiger partial charge in [0.15, 0.2) is 11.5 Å². The van der Waals surface area contributed by atoms with Crippen LogP contribution in [0, 0.1) is 0 Å². The third-order valence-corrected chi connectivity index (χ3v) is 3.55. The molecule has 1 fully saturated rings. The number of rotatable bonds is 10. The highest BCUT2D eigenvalue weighted by Crippen LogP contribution is 2.28. The number of hydrogen-bond donors (Lipinski definition) is 2. The molecule has 1 aliphatic carbocycles. The van der Waals surface area contributed by atoms with Crippen LogP contribution in [0.25, 0.3) is 0 Å². The lowest BCUT2D eigenvalue weighted by molar-refractivity contribution is 0.287. The van der Waals surface area contributed by atoms with Gasteiger partial charge >= 0.3 is 0 Å².